The highest BCUT2D eigenvalue weighted by atomic mass is 79.9. The van der Waals surface area contributed by atoms with Crippen molar-refractivity contribution in [3.05, 3.63) is 40.9 Å². The first-order valence-electron chi connectivity index (χ1n) is 7.40. The quantitative estimate of drug-likeness (QED) is 0.793. The molecule has 0 spiro atoms. The van der Waals surface area contributed by atoms with Crippen molar-refractivity contribution in [3.8, 4) is 5.75 Å². The Morgan fingerprint density at radius 1 is 1.23 bits per heavy atom. The van der Waals surface area contributed by atoms with Crippen LogP contribution in [0.15, 0.2) is 40.9 Å². The van der Waals surface area contributed by atoms with Crippen LogP contribution in [0.4, 0.5) is 0 Å². The fraction of sp³-hybridized carbons (Fsp3) is 0.353. The van der Waals surface area contributed by atoms with Crippen LogP contribution in [0, 0.1) is 0 Å². The van der Waals surface area contributed by atoms with Gasteiger partial charge in [0.05, 0.1) is 0 Å². The van der Waals surface area contributed by atoms with Gasteiger partial charge in [0.25, 0.3) is 5.91 Å². The standard InChI is InChI=1S/C17H21BrN2O2/c1-3-19-12(2)10-20-17(21)11-22-16-7-5-13-8-15(18)6-4-14(13)9-16/h4-9,12,19H,3,10-11H2,1-2H3,(H,20,21)/t12-/m1/s1. The summed E-state index contributed by atoms with van der Waals surface area (Å²) in [5.41, 5.74) is 0. The molecule has 0 aromatic heterocycles. The number of hydrogen-bond acceptors (Lipinski definition) is 3. The van der Waals surface area contributed by atoms with E-state index in [9.17, 15) is 4.79 Å². The van der Waals surface area contributed by atoms with E-state index in [1.165, 1.54) is 0 Å². The molecule has 0 aliphatic carbocycles. The molecule has 2 rings (SSSR count). The number of halogens is 1. The van der Waals surface area contributed by atoms with Crippen LogP contribution in [0.1, 0.15) is 13.8 Å². The second-order valence-corrected chi connectivity index (χ2v) is 6.12. The van der Waals surface area contributed by atoms with E-state index in [-0.39, 0.29) is 18.6 Å². The van der Waals surface area contributed by atoms with Crippen LogP contribution in [0.3, 0.4) is 0 Å². The largest absolute Gasteiger partial charge is 0.484 e. The lowest BCUT2D eigenvalue weighted by Gasteiger charge is -2.13. The maximum atomic E-state index is 11.8. The van der Waals surface area contributed by atoms with Crippen LogP contribution in [0.2, 0.25) is 0 Å². The smallest absolute Gasteiger partial charge is 0.257 e. The van der Waals surface area contributed by atoms with Gasteiger partial charge in [-0.2, -0.15) is 0 Å². The van der Waals surface area contributed by atoms with Gasteiger partial charge in [-0.1, -0.05) is 35.0 Å². The summed E-state index contributed by atoms with van der Waals surface area (Å²) >= 11 is 3.45. The number of fused-ring (bicyclic) bond motifs is 1. The Hall–Kier alpha value is -1.59. The van der Waals surface area contributed by atoms with E-state index >= 15 is 0 Å². The summed E-state index contributed by atoms with van der Waals surface area (Å²) in [5, 5.41) is 8.30. The lowest BCUT2D eigenvalue weighted by atomic mass is 10.1. The number of benzene rings is 2. The van der Waals surface area contributed by atoms with E-state index in [2.05, 4.69) is 26.6 Å². The lowest BCUT2D eigenvalue weighted by molar-refractivity contribution is -0.123. The minimum absolute atomic E-state index is 0.0287. The summed E-state index contributed by atoms with van der Waals surface area (Å²) in [6.45, 7) is 5.59. The predicted octanol–water partition coefficient (Wildman–Crippen LogP) is 3.10. The fourth-order valence-electron chi connectivity index (χ4n) is 2.17. The molecule has 0 unspecified atom stereocenters. The molecule has 0 radical (unpaired) electrons. The van der Waals surface area contributed by atoms with Gasteiger partial charge in [-0.15, -0.1) is 0 Å². The Balaban J connectivity index is 1.86. The number of ether oxygens (including phenoxy) is 1. The Morgan fingerprint density at radius 3 is 2.73 bits per heavy atom. The van der Waals surface area contributed by atoms with Crippen LogP contribution in [-0.4, -0.2) is 31.6 Å². The van der Waals surface area contributed by atoms with Crippen molar-refractivity contribution in [2.24, 2.45) is 0 Å². The van der Waals surface area contributed by atoms with Gasteiger partial charge in [0.2, 0.25) is 0 Å². The first-order valence-corrected chi connectivity index (χ1v) is 8.20. The van der Waals surface area contributed by atoms with Gasteiger partial charge in [-0.05, 0) is 48.5 Å². The zero-order valence-electron chi connectivity index (χ0n) is 12.9. The first kappa shape index (κ1) is 16.8. The number of hydrogen-bond donors (Lipinski definition) is 2. The highest BCUT2D eigenvalue weighted by Gasteiger charge is 2.06. The molecule has 4 nitrogen and oxygen atoms in total. The fourth-order valence-corrected chi connectivity index (χ4v) is 2.55. The van der Waals surface area contributed by atoms with Gasteiger partial charge in [0, 0.05) is 17.1 Å². The molecule has 5 heteroatoms. The van der Waals surface area contributed by atoms with E-state index in [4.69, 9.17) is 4.74 Å². The van der Waals surface area contributed by atoms with Crippen molar-refractivity contribution in [2.75, 3.05) is 19.7 Å². The van der Waals surface area contributed by atoms with Crippen LogP contribution in [0.5, 0.6) is 5.75 Å². The van der Waals surface area contributed by atoms with E-state index in [1.54, 1.807) is 0 Å². The SMILES string of the molecule is CCN[C@H](C)CNC(=O)COc1ccc2cc(Br)ccc2c1. The Kier molecular flexibility index (Phi) is 6.21. The summed E-state index contributed by atoms with van der Waals surface area (Å²) in [7, 11) is 0. The summed E-state index contributed by atoms with van der Waals surface area (Å²) < 4.78 is 6.60. The molecular weight excluding hydrogens is 344 g/mol. The molecule has 0 heterocycles. The van der Waals surface area contributed by atoms with Crippen molar-refractivity contribution in [3.63, 3.8) is 0 Å². The third-order valence-corrected chi connectivity index (χ3v) is 3.79. The average Bonchev–Trinajstić information content (AvgIpc) is 2.51. The monoisotopic (exact) mass is 364 g/mol. The normalized spacial score (nSPS) is 12.1. The summed E-state index contributed by atoms with van der Waals surface area (Å²) in [4.78, 5) is 11.8. The lowest BCUT2D eigenvalue weighted by Crippen LogP contribution is -2.40. The molecule has 2 aromatic rings. The molecule has 2 N–H and O–H groups in total. The highest BCUT2D eigenvalue weighted by molar-refractivity contribution is 9.10. The van der Waals surface area contributed by atoms with Gasteiger partial charge in [0.15, 0.2) is 6.61 Å². The molecule has 1 amide bonds. The number of carbonyl (C=O) groups is 1. The van der Waals surface area contributed by atoms with Gasteiger partial charge < -0.3 is 15.4 Å². The molecule has 1 atom stereocenters. The van der Waals surface area contributed by atoms with Crippen molar-refractivity contribution in [1.82, 2.24) is 10.6 Å². The number of likely N-dealkylation sites (N-methyl/N-ethyl adjacent to an activating group) is 1. The number of rotatable bonds is 7. The van der Waals surface area contributed by atoms with Crippen molar-refractivity contribution < 1.29 is 9.53 Å². The van der Waals surface area contributed by atoms with Gasteiger partial charge in [-0.3, -0.25) is 4.79 Å². The molecule has 0 aliphatic heterocycles. The molecule has 0 saturated heterocycles. The van der Waals surface area contributed by atoms with E-state index in [0.717, 1.165) is 21.8 Å². The number of amides is 1. The molecule has 2 aromatic carbocycles. The second kappa shape index (κ2) is 8.15. The zero-order chi connectivity index (χ0) is 15.9. The predicted molar refractivity (Wildman–Crippen MR) is 93.3 cm³/mol. The maximum Gasteiger partial charge on any atom is 0.257 e. The van der Waals surface area contributed by atoms with Gasteiger partial charge >= 0.3 is 0 Å². The third kappa shape index (κ3) is 5.00. The number of nitrogens with one attached hydrogen (secondary N) is 2. The topological polar surface area (TPSA) is 50.4 Å². The molecule has 0 fully saturated rings. The Bertz CT molecular complexity index is 646. The van der Waals surface area contributed by atoms with Gasteiger partial charge in [0.1, 0.15) is 5.75 Å². The van der Waals surface area contributed by atoms with Gasteiger partial charge in [-0.25, -0.2) is 0 Å². The third-order valence-electron chi connectivity index (χ3n) is 3.30. The zero-order valence-corrected chi connectivity index (χ0v) is 14.4. The van der Waals surface area contributed by atoms with E-state index in [1.807, 2.05) is 50.2 Å². The first-order chi connectivity index (χ1) is 10.6. The summed E-state index contributed by atoms with van der Waals surface area (Å²) in [5.74, 6) is 0.588. The summed E-state index contributed by atoms with van der Waals surface area (Å²) in [6.07, 6.45) is 0. The van der Waals surface area contributed by atoms with E-state index < -0.39 is 0 Å². The van der Waals surface area contributed by atoms with Crippen LogP contribution in [-0.2, 0) is 4.79 Å². The van der Waals surface area contributed by atoms with Crippen LogP contribution in [0.25, 0.3) is 10.8 Å². The van der Waals surface area contributed by atoms with E-state index in [0.29, 0.717) is 12.3 Å². The Morgan fingerprint density at radius 2 is 1.95 bits per heavy atom. The molecule has 0 saturated carbocycles. The molecule has 22 heavy (non-hydrogen) atoms. The maximum absolute atomic E-state index is 11.8. The van der Waals surface area contributed by atoms with Crippen LogP contribution < -0.4 is 15.4 Å². The van der Waals surface area contributed by atoms with Crippen molar-refractivity contribution >= 4 is 32.6 Å². The molecular formula is C17H21BrN2O2. The minimum Gasteiger partial charge on any atom is -0.484 e. The average molecular weight is 365 g/mol. The minimum atomic E-state index is -0.111. The number of carbonyl (C=O) groups excluding carboxylic acids is 1. The van der Waals surface area contributed by atoms with Crippen LogP contribution >= 0.6 is 15.9 Å². The highest BCUT2D eigenvalue weighted by Crippen LogP contribution is 2.24. The molecule has 0 bridgehead atoms. The van der Waals surface area contributed by atoms with Crippen molar-refractivity contribution in [1.29, 1.82) is 0 Å². The van der Waals surface area contributed by atoms with Crippen molar-refractivity contribution in [2.45, 2.75) is 19.9 Å². The summed E-state index contributed by atoms with van der Waals surface area (Å²) in [6, 6.07) is 12.1. The molecule has 118 valence electrons. The molecule has 0 aliphatic rings. The second-order valence-electron chi connectivity index (χ2n) is 5.20. The Labute approximate surface area is 139 Å².